The van der Waals surface area contributed by atoms with Crippen molar-refractivity contribution in [1.82, 2.24) is 5.32 Å². The predicted molar refractivity (Wildman–Crippen MR) is 341 cm³/mol. The molecule has 9 nitrogen and oxygen atoms in total. The number of ether oxygens (including phenoxy) is 1. The van der Waals surface area contributed by atoms with Crippen LogP contribution >= 0.6 is 7.82 Å². The fourth-order valence-electron chi connectivity index (χ4n) is 9.30. The molecule has 0 radical (unpaired) electrons. The molecule has 0 aliphatic rings. The van der Waals surface area contributed by atoms with Gasteiger partial charge in [-0.1, -0.05) is 280 Å². The summed E-state index contributed by atoms with van der Waals surface area (Å²) in [4.78, 5) is 37.8. The molecule has 0 heterocycles. The molecule has 0 fully saturated rings. The van der Waals surface area contributed by atoms with Crippen molar-refractivity contribution < 1.29 is 37.3 Å². The molecule has 79 heavy (non-hydrogen) atoms. The fourth-order valence-corrected chi connectivity index (χ4v) is 10.0. The monoisotopic (exact) mass is 1130 g/mol. The Morgan fingerprint density at radius 2 is 0.810 bits per heavy atom. The van der Waals surface area contributed by atoms with Gasteiger partial charge in [0.15, 0.2) is 0 Å². The number of hydrogen-bond acceptors (Lipinski definition) is 6. The summed E-state index contributed by atoms with van der Waals surface area (Å²) in [7, 11) is 1.49. The second-order valence-electron chi connectivity index (χ2n) is 23.3. The highest BCUT2D eigenvalue weighted by molar-refractivity contribution is 7.47. The lowest BCUT2D eigenvalue weighted by molar-refractivity contribution is -0.870. The number of quaternary nitrogens is 1. The normalized spacial score (nSPS) is 14.2. The van der Waals surface area contributed by atoms with Crippen molar-refractivity contribution in [3.8, 4) is 0 Å². The molecule has 0 bridgehead atoms. The van der Waals surface area contributed by atoms with E-state index < -0.39 is 20.0 Å². The van der Waals surface area contributed by atoms with E-state index in [0.29, 0.717) is 23.9 Å². The van der Waals surface area contributed by atoms with Gasteiger partial charge in [-0.15, -0.1) is 0 Å². The van der Waals surface area contributed by atoms with Gasteiger partial charge in [-0.25, -0.2) is 4.57 Å². The summed E-state index contributed by atoms with van der Waals surface area (Å²) in [6.07, 6.45) is 77.2. The van der Waals surface area contributed by atoms with E-state index >= 15 is 0 Å². The molecule has 10 heteroatoms. The molecule has 0 aliphatic carbocycles. The van der Waals surface area contributed by atoms with Crippen LogP contribution in [0.4, 0.5) is 0 Å². The van der Waals surface area contributed by atoms with Crippen LogP contribution in [-0.4, -0.2) is 74.3 Å². The van der Waals surface area contributed by atoms with Crippen LogP contribution in [0.15, 0.2) is 85.1 Å². The molecular weight excluding hydrogens is 1000 g/mol. The number of likely N-dealkylation sites (N-methyl/N-ethyl adjacent to an activating group) is 1. The first kappa shape index (κ1) is 76.2. The van der Waals surface area contributed by atoms with Gasteiger partial charge in [-0.2, -0.15) is 0 Å². The van der Waals surface area contributed by atoms with Crippen LogP contribution in [0.5, 0.6) is 0 Å². The molecule has 2 N–H and O–H groups in total. The topological polar surface area (TPSA) is 111 Å². The molecule has 0 aromatic carbocycles. The highest BCUT2D eigenvalue weighted by atomic mass is 31.2. The van der Waals surface area contributed by atoms with E-state index in [0.717, 1.165) is 109 Å². The lowest BCUT2D eigenvalue weighted by Crippen LogP contribution is -2.47. The Morgan fingerprint density at radius 3 is 1.22 bits per heavy atom. The molecule has 0 saturated carbocycles. The number of amides is 1. The highest BCUT2D eigenvalue weighted by Gasteiger charge is 2.30. The van der Waals surface area contributed by atoms with E-state index in [9.17, 15) is 19.0 Å². The Hall–Kier alpha value is -2.81. The maximum Gasteiger partial charge on any atom is 0.472 e. The maximum absolute atomic E-state index is 13.6. The van der Waals surface area contributed by atoms with Crippen molar-refractivity contribution in [2.24, 2.45) is 0 Å². The van der Waals surface area contributed by atoms with Gasteiger partial charge in [0, 0.05) is 12.8 Å². The lowest BCUT2D eigenvalue weighted by Gasteiger charge is -2.27. The summed E-state index contributed by atoms with van der Waals surface area (Å²) in [5, 5.41) is 3.06. The number of esters is 1. The zero-order valence-corrected chi connectivity index (χ0v) is 53.2. The van der Waals surface area contributed by atoms with Gasteiger partial charge < -0.3 is 19.4 Å². The number of phosphoric ester groups is 1. The number of hydrogen-bond donors (Lipinski definition) is 2. The summed E-state index contributed by atoms with van der Waals surface area (Å²) in [5.41, 5.74) is 0. The summed E-state index contributed by atoms with van der Waals surface area (Å²) in [6.45, 7) is 6.91. The Kier molecular flexibility index (Phi) is 56.3. The average molecular weight is 1130 g/mol. The standard InChI is InChI=1S/C69H125N2O7P/c1-7-10-13-16-19-22-25-28-30-31-32-33-34-35-36-37-38-39-40-41-42-43-46-49-52-55-58-61-68(72)70-66(65-77-79(74,75)76-64-63-71(4,5)6)67(60-57-54-51-48-45-27-24-21-18-15-12-9-3)78-69(73)62-59-56-53-50-47-44-29-26-23-20-17-14-11-8-2/h10,13,19,22,28,30,32-33,35-36,38-39,57,60,66-67H,7-9,11-12,14-18,20-21,23-27,29,31,34,37,40-56,58-59,61-65H2,1-6H3,(H-,70,72,74,75)/p+1/b13-10-,22-19-,30-28-,33-32-,36-35-,39-38-,60-57-. The molecule has 3 atom stereocenters. The number of carbonyl (C=O) groups excluding carboxylic acids is 2. The minimum atomic E-state index is -4.45. The molecule has 3 unspecified atom stereocenters. The van der Waals surface area contributed by atoms with Crippen LogP contribution < -0.4 is 5.32 Å². The Balaban J connectivity index is 5.11. The van der Waals surface area contributed by atoms with E-state index in [1.807, 2.05) is 33.3 Å². The third-order valence-electron chi connectivity index (χ3n) is 14.3. The second kappa shape index (κ2) is 58.4. The van der Waals surface area contributed by atoms with Crippen LogP contribution in [0.2, 0.25) is 0 Å². The molecule has 0 aromatic rings. The summed E-state index contributed by atoms with van der Waals surface area (Å²) < 4.78 is 30.7. The number of nitrogens with zero attached hydrogens (tertiary/aromatic N) is 1. The van der Waals surface area contributed by atoms with Crippen molar-refractivity contribution in [3.63, 3.8) is 0 Å². The van der Waals surface area contributed by atoms with Crippen LogP contribution in [0.25, 0.3) is 0 Å². The van der Waals surface area contributed by atoms with Crippen LogP contribution in [-0.2, 0) is 27.9 Å². The van der Waals surface area contributed by atoms with Crippen LogP contribution in [0.1, 0.15) is 290 Å². The zero-order chi connectivity index (χ0) is 57.9. The van der Waals surface area contributed by atoms with E-state index in [1.165, 1.54) is 148 Å². The molecule has 0 spiro atoms. The minimum Gasteiger partial charge on any atom is -0.456 e. The summed E-state index contributed by atoms with van der Waals surface area (Å²) in [6, 6.07) is -0.855. The second-order valence-corrected chi connectivity index (χ2v) is 24.7. The molecule has 1 amide bonds. The summed E-state index contributed by atoms with van der Waals surface area (Å²) >= 11 is 0. The molecule has 0 aromatic heterocycles. The van der Waals surface area contributed by atoms with Crippen molar-refractivity contribution >= 4 is 19.7 Å². The SMILES string of the molecule is CC/C=C\C/C=C\C/C=C\C/C=C\C/C=C\C/C=C\CCCCCCCCCCC(=O)NC(COP(=O)(O)OCC[N+](C)(C)C)C(/C=C\CCCCCCCCCCCC)OC(=O)CCCCCCCCCCCCCCCC. The van der Waals surface area contributed by atoms with E-state index in [2.05, 4.69) is 99.0 Å². The molecule has 458 valence electrons. The molecule has 0 rings (SSSR count). The predicted octanol–water partition coefficient (Wildman–Crippen LogP) is 20.6. The number of rotatable bonds is 59. The Morgan fingerprint density at radius 1 is 0.456 bits per heavy atom. The third-order valence-corrected chi connectivity index (χ3v) is 15.3. The molecule has 0 saturated heterocycles. The van der Waals surface area contributed by atoms with Crippen LogP contribution in [0, 0.1) is 0 Å². The Bertz CT molecular complexity index is 1630. The fraction of sp³-hybridized carbons (Fsp3) is 0.768. The van der Waals surface area contributed by atoms with E-state index in [-0.39, 0.29) is 25.1 Å². The number of unbranched alkanes of at least 4 members (excludes halogenated alkanes) is 31. The number of carbonyl (C=O) groups is 2. The quantitative estimate of drug-likeness (QED) is 0.0205. The van der Waals surface area contributed by atoms with Crippen molar-refractivity contribution in [2.45, 2.75) is 303 Å². The van der Waals surface area contributed by atoms with E-state index in [1.54, 1.807) is 0 Å². The van der Waals surface area contributed by atoms with Gasteiger partial charge in [0.25, 0.3) is 0 Å². The van der Waals surface area contributed by atoms with Crippen molar-refractivity contribution in [1.29, 1.82) is 0 Å². The summed E-state index contributed by atoms with van der Waals surface area (Å²) in [5.74, 6) is -0.510. The lowest BCUT2D eigenvalue weighted by atomic mass is 10.0. The van der Waals surface area contributed by atoms with Gasteiger partial charge in [0.2, 0.25) is 5.91 Å². The van der Waals surface area contributed by atoms with E-state index in [4.69, 9.17) is 13.8 Å². The van der Waals surface area contributed by atoms with Gasteiger partial charge >= 0.3 is 13.8 Å². The van der Waals surface area contributed by atoms with Gasteiger partial charge in [-0.05, 0) is 83.1 Å². The largest absolute Gasteiger partial charge is 0.472 e. The molecular formula is C69H126N2O7P+. The van der Waals surface area contributed by atoms with Gasteiger partial charge in [0.05, 0.1) is 33.8 Å². The van der Waals surface area contributed by atoms with Gasteiger partial charge in [0.1, 0.15) is 19.3 Å². The first-order chi connectivity index (χ1) is 38.4. The minimum absolute atomic E-state index is 0.0367. The van der Waals surface area contributed by atoms with Gasteiger partial charge in [-0.3, -0.25) is 18.6 Å². The Labute approximate surface area is 488 Å². The van der Waals surface area contributed by atoms with Crippen LogP contribution in [0.3, 0.4) is 0 Å². The molecule has 0 aliphatic heterocycles. The van der Waals surface area contributed by atoms with Crippen molar-refractivity contribution in [3.05, 3.63) is 85.1 Å². The zero-order valence-electron chi connectivity index (χ0n) is 52.3. The van der Waals surface area contributed by atoms with Crippen molar-refractivity contribution in [2.75, 3.05) is 40.9 Å². The first-order valence-corrected chi connectivity index (χ1v) is 34.4. The number of phosphoric acid groups is 1. The highest BCUT2D eigenvalue weighted by Crippen LogP contribution is 2.43. The number of allylic oxidation sites excluding steroid dienone is 13. The smallest absolute Gasteiger partial charge is 0.456 e. The maximum atomic E-state index is 13.6. The number of nitrogens with one attached hydrogen (secondary N) is 1. The third kappa shape index (κ3) is 59.6. The first-order valence-electron chi connectivity index (χ1n) is 32.9. The average Bonchev–Trinajstić information content (AvgIpc) is 3.41.